The predicted octanol–water partition coefficient (Wildman–Crippen LogP) is 1.34. The highest BCUT2D eigenvalue weighted by Gasteiger charge is 2.10. The lowest BCUT2D eigenvalue weighted by Gasteiger charge is -2.17. The number of nitrogens with one attached hydrogen (secondary N) is 2. The van der Waals surface area contributed by atoms with Gasteiger partial charge in [0.1, 0.15) is 5.82 Å². The summed E-state index contributed by atoms with van der Waals surface area (Å²) in [5.74, 6) is -0.257. The van der Waals surface area contributed by atoms with E-state index in [1.54, 1.807) is 18.2 Å². The fourth-order valence-corrected chi connectivity index (χ4v) is 1.60. The Morgan fingerprint density at radius 1 is 1.50 bits per heavy atom. The zero-order valence-corrected chi connectivity index (χ0v) is 9.85. The SMILES string of the molecule is C[C@H](NC(=S)NCCO)c1ccccc1F. The van der Waals surface area contributed by atoms with Crippen molar-refractivity contribution < 1.29 is 9.50 Å². The average Bonchev–Trinajstić information content (AvgIpc) is 2.26. The Bertz CT molecular complexity index is 360. The Labute approximate surface area is 99.7 Å². The lowest BCUT2D eigenvalue weighted by Crippen LogP contribution is -2.38. The minimum Gasteiger partial charge on any atom is -0.395 e. The highest BCUT2D eigenvalue weighted by Crippen LogP contribution is 2.15. The standard InChI is InChI=1S/C11H15FN2OS/c1-8(14-11(16)13-6-7-15)9-4-2-3-5-10(9)12/h2-5,8,15H,6-7H2,1H3,(H2,13,14,16)/t8-/m0/s1. The number of aliphatic hydroxyl groups is 1. The van der Waals surface area contributed by atoms with Crippen molar-refractivity contribution in [2.75, 3.05) is 13.2 Å². The maximum atomic E-state index is 13.4. The van der Waals surface area contributed by atoms with Crippen LogP contribution in [0.3, 0.4) is 0 Å². The van der Waals surface area contributed by atoms with Crippen LogP contribution in [0.25, 0.3) is 0 Å². The third kappa shape index (κ3) is 3.75. The molecule has 16 heavy (non-hydrogen) atoms. The van der Waals surface area contributed by atoms with E-state index in [4.69, 9.17) is 17.3 Å². The number of halogens is 1. The summed E-state index contributed by atoms with van der Waals surface area (Å²) in [6, 6.07) is 6.34. The summed E-state index contributed by atoms with van der Waals surface area (Å²) in [6.07, 6.45) is 0. The first-order chi connectivity index (χ1) is 7.65. The van der Waals surface area contributed by atoms with Gasteiger partial charge in [-0.25, -0.2) is 4.39 Å². The van der Waals surface area contributed by atoms with Crippen LogP contribution in [0, 0.1) is 5.82 Å². The van der Waals surface area contributed by atoms with Crippen molar-refractivity contribution in [2.24, 2.45) is 0 Å². The van der Waals surface area contributed by atoms with Crippen LogP contribution in [0.5, 0.6) is 0 Å². The molecule has 0 bridgehead atoms. The van der Waals surface area contributed by atoms with Crippen LogP contribution >= 0.6 is 12.2 Å². The van der Waals surface area contributed by atoms with E-state index in [0.717, 1.165) is 0 Å². The van der Waals surface area contributed by atoms with Crippen molar-refractivity contribution in [3.8, 4) is 0 Å². The maximum Gasteiger partial charge on any atom is 0.166 e. The van der Waals surface area contributed by atoms with Crippen LogP contribution in [0.2, 0.25) is 0 Å². The summed E-state index contributed by atoms with van der Waals surface area (Å²) < 4.78 is 13.4. The fraction of sp³-hybridized carbons (Fsp3) is 0.364. The predicted molar refractivity (Wildman–Crippen MR) is 65.6 cm³/mol. The van der Waals surface area contributed by atoms with E-state index in [2.05, 4.69) is 10.6 Å². The smallest absolute Gasteiger partial charge is 0.166 e. The third-order valence-electron chi connectivity index (χ3n) is 2.12. The van der Waals surface area contributed by atoms with Gasteiger partial charge < -0.3 is 15.7 Å². The molecule has 0 unspecified atom stereocenters. The van der Waals surface area contributed by atoms with E-state index in [-0.39, 0.29) is 18.5 Å². The second-order valence-corrected chi connectivity index (χ2v) is 3.78. The number of benzene rings is 1. The summed E-state index contributed by atoms with van der Waals surface area (Å²) in [4.78, 5) is 0. The van der Waals surface area contributed by atoms with E-state index in [9.17, 15) is 4.39 Å². The average molecular weight is 242 g/mol. The summed E-state index contributed by atoms with van der Waals surface area (Å²) in [5, 5.41) is 14.7. The van der Waals surface area contributed by atoms with Crippen molar-refractivity contribution in [2.45, 2.75) is 13.0 Å². The molecular weight excluding hydrogens is 227 g/mol. The van der Waals surface area contributed by atoms with Gasteiger partial charge in [-0.05, 0) is 25.2 Å². The minimum absolute atomic E-state index is 0.00982. The first kappa shape index (κ1) is 12.9. The van der Waals surface area contributed by atoms with Gasteiger partial charge in [0.25, 0.3) is 0 Å². The Kier molecular flexibility index (Phi) is 5.14. The summed E-state index contributed by atoms with van der Waals surface area (Å²) in [5.41, 5.74) is 0.565. The Morgan fingerprint density at radius 3 is 2.81 bits per heavy atom. The molecule has 0 aliphatic rings. The van der Waals surface area contributed by atoms with Gasteiger partial charge >= 0.3 is 0 Å². The lowest BCUT2D eigenvalue weighted by atomic mass is 10.1. The number of hydrogen-bond donors (Lipinski definition) is 3. The molecule has 0 heterocycles. The Hall–Kier alpha value is -1.20. The Balaban J connectivity index is 2.55. The van der Waals surface area contributed by atoms with E-state index in [1.807, 2.05) is 6.92 Å². The molecule has 5 heteroatoms. The highest BCUT2D eigenvalue weighted by molar-refractivity contribution is 7.80. The molecule has 0 saturated carbocycles. The molecule has 88 valence electrons. The molecule has 0 aliphatic carbocycles. The van der Waals surface area contributed by atoms with Crippen LogP contribution in [0.15, 0.2) is 24.3 Å². The number of aliphatic hydroxyl groups excluding tert-OH is 1. The molecular formula is C11H15FN2OS. The van der Waals surface area contributed by atoms with E-state index < -0.39 is 0 Å². The molecule has 1 aromatic carbocycles. The van der Waals surface area contributed by atoms with E-state index >= 15 is 0 Å². The molecule has 0 spiro atoms. The van der Waals surface area contributed by atoms with Crippen molar-refractivity contribution in [1.29, 1.82) is 0 Å². The quantitative estimate of drug-likeness (QED) is 0.697. The normalized spacial score (nSPS) is 11.9. The zero-order chi connectivity index (χ0) is 12.0. The topological polar surface area (TPSA) is 44.3 Å². The van der Waals surface area contributed by atoms with Crippen molar-refractivity contribution >= 4 is 17.3 Å². The zero-order valence-electron chi connectivity index (χ0n) is 9.03. The van der Waals surface area contributed by atoms with Crippen LogP contribution in [0.1, 0.15) is 18.5 Å². The first-order valence-electron chi connectivity index (χ1n) is 5.04. The second kappa shape index (κ2) is 6.40. The van der Waals surface area contributed by atoms with Gasteiger partial charge in [0, 0.05) is 12.1 Å². The van der Waals surface area contributed by atoms with Gasteiger partial charge in [0.05, 0.1) is 12.6 Å². The molecule has 0 aliphatic heterocycles. The first-order valence-corrected chi connectivity index (χ1v) is 5.45. The molecule has 0 amide bonds. The third-order valence-corrected chi connectivity index (χ3v) is 2.38. The van der Waals surface area contributed by atoms with Gasteiger partial charge in [0.15, 0.2) is 5.11 Å². The van der Waals surface area contributed by atoms with Crippen molar-refractivity contribution in [1.82, 2.24) is 10.6 Å². The summed E-state index contributed by atoms with van der Waals surface area (Å²) in [6.45, 7) is 2.22. The molecule has 0 aromatic heterocycles. The maximum absolute atomic E-state index is 13.4. The second-order valence-electron chi connectivity index (χ2n) is 3.37. The van der Waals surface area contributed by atoms with Gasteiger partial charge in [0.2, 0.25) is 0 Å². The van der Waals surface area contributed by atoms with Crippen molar-refractivity contribution in [3.05, 3.63) is 35.6 Å². The molecule has 0 fully saturated rings. The highest BCUT2D eigenvalue weighted by atomic mass is 32.1. The van der Waals surface area contributed by atoms with Gasteiger partial charge in [-0.2, -0.15) is 0 Å². The Morgan fingerprint density at radius 2 is 2.19 bits per heavy atom. The molecule has 1 rings (SSSR count). The van der Waals surface area contributed by atoms with Gasteiger partial charge in [-0.3, -0.25) is 0 Å². The molecule has 1 aromatic rings. The molecule has 3 nitrogen and oxygen atoms in total. The minimum atomic E-state index is -0.257. The molecule has 3 N–H and O–H groups in total. The molecule has 0 radical (unpaired) electrons. The number of hydrogen-bond acceptors (Lipinski definition) is 2. The monoisotopic (exact) mass is 242 g/mol. The fourth-order valence-electron chi connectivity index (χ4n) is 1.32. The van der Waals surface area contributed by atoms with Crippen LogP contribution in [-0.2, 0) is 0 Å². The van der Waals surface area contributed by atoms with Crippen LogP contribution < -0.4 is 10.6 Å². The summed E-state index contributed by atoms with van der Waals surface area (Å²) in [7, 11) is 0. The summed E-state index contributed by atoms with van der Waals surface area (Å²) >= 11 is 4.98. The van der Waals surface area contributed by atoms with Gasteiger partial charge in [-0.1, -0.05) is 18.2 Å². The molecule has 1 atom stereocenters. The lowest BCUT2D eigenvalue weighted by molar-refractivity contribution is 0.300. The van der Waals surface area contributed by atoms with Crippen LogP contribution in [0.4, 0.5) is 4.39 Å². The van der Waals surface area contributed by atoms with E-state index in [1.165, 1.54) is 6.07 Å². The largest absolute Gasteiger partial charge is 0.395 e. The molecule has 0 saturated heterocycles. The van der Waals surface area contributed by atoms with Crippen molar-refractivity contribution in [3.63, 3.8) is 0 Å². The van der Waals surface area contributed by atoms with E-state index in [0.29, 0.717) is 17.2 Å². The van der Waals surface area contributed by atoms with Gasteiger partial charge in [-0.15, -0.1) is 0 Å². The van der Waals surface area contributed by atoms with Crippen LogP contribution in [-0.4, -0.2) is 23.4 Å². The number of rotatable bonds is 4. The number of thiocarbonyl (C=S) groups is 1.